The summed E-state index contributed by atoms with van der Waals surface area (Å²) in [4.78, 5) is 4.74. The predicted octanol–water partition coefficient (Wildman–Crippen LogP) is 4.31. The third-order valence-electron chi connectivity index (χ3n) is 6.07. The van der Waals surface area contributed by atoms with Crippen molar-refractivity contribution in [2.75, 3.05) is 37.5 Å². The smallest absolute Gasteiger partial charge is 0.146 e. The van der Waals surface area contributed by atoms with Crippen molar-refractivity contribution in [2.45, 2.75) is 36.2 Å². The van der Waals surface area contributed by atoms with Gasteiger partial charge in [0.25, 0.3) is 0 Å². The van der Waals surface area contributed by atoms with E-state index in [1.54, 1.807) is 11.8 Å². The van der Waals surface area contributed by atoms with Gasteiger partial charge in [-0.1, -0.05) is 24.3 Å². The number of nitrogens with zero attached hydrogens (tertiary/aromatic N) is 3. The van der Waals surface area contributed by atoms with Gasteiger partial charge in [-0.25, -0.2) is 4.98 Å². The zero-order valence-electron chi connectivity index (χ0n) is 17.3. The summed E-state index contributed by atoms with van der Waals surface area (Å²) in [5.74, 6) is 2.36. The van der Waals surface area contributed by atoms with Crippen molar-refractivity contribution < 1.29 is 9.47 Å². The molecule has 0 amide bonds. The van der Waals surface area contributed by atoms with Gasteiger partial charge in [0.15, 0.2) is 0 Å². The lowest BCUT2D eigenvalue weighted by Crippen LogP contribution is -2.29. The van der Waals surface area contributed by atoms with Crippen LogP contribution in [0.25, 0.3) is 11.1 Å². The van der Waals surface area contributed by atoms with Crippen LogP contribution >= 0.6 is 11.8 Å². The van der Waals surface area contributed by atoms with Crippen LogP contribution in [0.1, 0.15) is 41.9 Å². The number of hydrogen-bond donors (Lipinski definition) is 1. The zero-order valence-corrected chi connectivity index (χ0v) is 18.1. The van der Waals surface area contributed by atoms with Crippen LogP contribution in [-0.2, 0) is 9.47 Å². The van der Waals surface area contributed by atoms with Gasteiger partial charge in [-0.3, -0.25) is 0 Å². The second-order valence-electron chi connectivity index (χ2n) is 8.43. The van der Waals surface area contributed by atoms with E-state index in [0.717, 1.165) is 57.0 Å². The third kappa shape index (κ3) is 4.27. The van der Waals surface area contributed by atoms with E-state index >= 15 is 0 Å². The summed E-state index contributed by atoms with van der Waals surface area (Å²) >= 11 is 1.59. The molecule has 6 nitrogen and oxygen atoms in total. The highest BCUT2D eigenvalue weighted by Gasteiger charge is 2.28. The predicted molar refractivity (Wildman–Crippen MR) is 119 cm³/mol. The first-order chi connectivity index (χ1) is 15.3. The summed E-state index contributed by atoms with van der Waals surface area (Å²) in [7, 11) is 0. The lowest BCUT2D eigenvalue weighted by atomic mass is 9.92. The first kappa shape index (κ1) is 20.3. The maximum atomic E-state index is 10.1. The molecule has 0 radical (unpaired) electrons. The van der Waals surface area contributed by atoms with E-state index < -0.39 is 0 Å². The van der Waals surface area contributed by atoms with Crippen LogP contribution in [-0.4, -0.2) is 43.2 Å². The Kier molecular flexibility index (Phi) is 5.82. The first-order valence-corrected chi connectivity index (χ1v) is 11.8. The molecule has 1 saturated carbocycles. The minimum atomic E-state index is 0.364. The van der Waals surface area contributed by atoms with Gasteiger partial charge in [0.2, 0.25) is 0 Å². The highest BCUT2D eigenvalue weighted by atomic mass is 32.2. The molecule has 3 fully saturated rings. The van der Waals surface area contributed by atoms with Crippen molar-refractivity contribution in [3.63, 3.8) is 0 Å². The normalized spacial score (nSPS) is 20.6. The van der Waals surface area contributed by atoms with Gasteiger partial charge in [-0.05, 0) is 30.4 Å². The molecule has 7 heteroatoms. The van der Waals surface area contributed by atoms with Crippen molar-refractivity contribution in [3.8, 4) is 23.3 Å². The zero-order chi connectivity index (χ0) is 21.2. The fourth-order valence-corrected chi connectivity index (χ4v) is 5.03. The summed E-state index contributed by atoms with van der Waals surface area (Å²) < 4.78 is 10.8. The number of nitriles is 2. The largest absolute Gasteiger partial charge is 0.381 e. The molecule has 1 aromatic carbocycles. The van der Waals surface area contributed by atoms with Crippen molar-refractivity contribution in [1.82, 2.24) is 4.98 Å². The number of aromatic nitrogens is 1. The number of pyridine rings is 1. The van der Waals surface area contributed by atoms with Crippen LogP contribution in [0.4, 0.5) is 5.82 Å². The maximum absolute atomic E-state index is 10.1. The van der Waals surface area contributed by atoms with Crippen molar-refractivity contribution in [1.29, 1.82) is 10.5 Å². The second-order valence-corrected chi connectivity index (χ2v) is 9.44. The Morgan fingerprint density at radius 3 is 2.35 bits per heavy atom. The molecular weight excluding hydrogens is 408 g/mol. The fourth-order valence-electron chi connectivity index (χ4n) is 3.99. The fraction of sp³-hybridized carbons (Fsp3) is 0.458. The lowest BCUT2D eigenvalue weighted by Gasteiger charge is -2.25. The van der Waals surface area contributed by atoms with Crippen LogP contribution in [0.5, 0.6) is 0 Å². The van der Waals surface area contributed by atoms with Crippen LogP contribution in [0.2, 0.25) is 0 Å². The topological polar surface area (TPSA) is 91.0 Å². The van der Waals surface area contributed by atoms with Crippen molar-refractivity contribution in [2.24, 2.45) is 5.92 Å². The molecule has 31 heavy (non-hydrogen) atoms. The van der Waals surface area contributed by atoms with E-state index in [0.29, 0.717) is 45.4 Å². The number of anilines is 1. The highest BCUT2D eigenvalue weighted by Crippen LogP contribution is 2.39. The average molecular weight is 433 g/mol. The molecule has 2 saturated heterocycles. The van der Waals surface area contributed by atoms with Gasteiger partial charge in [-0.2, -0.15) is 10.5 Å². The molecular formula is C24H24N4O2S. The Bertz CT molecular complexity index is 1040. The Balaban J connectivity index is 1.55. The summed E-state index contributed by atoms with van der Waals surface area (Å²) in [6, 6.07) is 13.3. The van der Waals surface area contributed by atoms with E-state index in [-0.39, 0.29) is 0 Å². The number of benzene rings is 1. The van der Waals surface area contributed by atoms with Gasteiger partial charge in [0, 0.05) is 35.8 Å². The van der Waals surface area contributed by atoms with Crippen molar-refractivity contribution >= 4 is 17.6 Å². The summed E-state index contributed by atoms with van der Waals surface area (Å²) in [6.07, 6.45) is 3.20. The Morgan fingerprint density at radius 1 is 1.00 bits per heavy atom. The molecule has 1 N–H and O–H groups in total. The van der Waals surface area contributed by atoms with Crippen LogP contribution < -0.4 is 5.32 Å². The summed E-state index contributed by atoms with van der Waals surface area (Å²) in [5.41, 5.74) is 3.75. The minimum Gasteiger partial charge on any atom is -0.381 e. The van der Waals surface area contributed by atoms with Crippen LogP contribution in [0.15, 0.2) is 29.3 Å². The molecule has 1 atom stereocenters. The Hall–Kier alpha value is -2.58. The molecule has 1 unspecified atom stereocenters. The van der Waals surface area contributed by atoms with Gasteiger partial charge in [-0.15, -0.1) is 11.8 Å². The molecule has 2 aliphatic heterocycles. The van der Waals surface area contributed by atoms with Crippen molar-refractivity contribution in [3.05, 3.63) is 41.0 Å². The standard InChI is InChI=1S/C24H24N4O2S/c25-9-20-22(17-3-1-16(2-4-17)18-7-8-29-13-18)21(10-26)24(31-14-15-11-30-12-15)28-23(20)27-19-5-6-19/h1-4,15,18-19H,5-8,11-14H2,(H,27,28). The monoisotopic (exact) mass is 432 g/mol. The number of nitrogens with one attached hydrogen (secondary N) is 1. The number of rotatable bonds is 7. The Morgan fingerprint density at radius 2 is 1.77 bits per heavy atom. The van der Waals surface area contributed by atoms with E-state index in [1.807, 2.05) is 12.1 Å². The van der Waals surface area contributed by atoms with Crippen LogP contribution in [0, 0.1) is 28.6 Å². The maximum Gasteiger partial charge on any atom is 0.146 e. The molecule has 1 aromatic heterocycles. The summed E-state index contributed by atoms with van der Waals surface area (Å²) in [6.45, 7) is 3.08. The average Bonchev–Trinajstić information content (AvgIpc) is 3.41. The van der Waals surface area contributed by atoms with E-state index in [9.17, 15) is 10.5 Å². The quantitative estimate of drug-likeness (QED) is 0.652. The minimum absolute atomic E-state index is 0.364. The van der Waals surface area contributed by atoms with E-state index in [2.05, 4.69) is 29.6 Å². The SMILES string of the molecule is N#Cc1c(NC2CC2)nc(SCC2COC2)c(C#N)c1-c1ccc(C2CCOC2)cc1. The van der Waals surface area contributed by atoms with E-state index in [4.69, 9.17) is 14.5 Å². The molecule has 2 aromatic rings. The molecule has 3 aliphatic rings. The molecule has 5 rings (SSSR count). The number of thioether (sulfide) groups is 1. The van der Waals surface area contributed by atoms with E-state index in [1.165, 1.54) is 5.56 Å². The molecule has 1 aliphatic carbocycles. The number of ether oxygens (including phenoxy) is 2. The van der Waals surface area contributed by atoms with Gasteiger partial charge < -0.3 is 14.8 Å². The summed E-state index contributed by atoms with van der Waals surface area (Å²) in [5, 5.41) is 24.2. The van der Waals surface area contributed by atoms with Gasteiger partial charge in [0.05, 0.1) is 25.4 Å². The Labute approximate surface area is 186 Å². The van der Waals surface area contributed by atoms with Gasteiger partial charge >= 0.3 is 0 Å². The molecule has 3 heterocycles. The van der Waals surface area contributed by atoms with Gasteiger partial charge in [0.1, 0.15) is 28.5 Å². The molecule has 158 valence electrons. The van der Waals surface area contributed by atoms with Crippen LogP contribution in [0.3, 0.4) is 0 Å². The first-order valence-electron chi connectivity index (χ1n) is 10.8. The third-order valence-corrected chi connectivity index (χ3v) is 7.28. The second kappa shape index (κ2) is 8.88. The number of hydrogen-bond acceptors (Lipinski definition) is 7. The molecule has 0 spiro atoms. The lowest BCUT2D eigenvalue weighted by molar-refractivity contribution is -0.0196. The molecule has 0 bridgehead atoms. The highest BCUT2D eigenvalue weighted by molar-refractivity contribution is 7.99.